The molecule has 0 aliphatic heterocycles. The van der Waals surface area contributed by atoms with E-state index in [4.69, 9.17) is 9.97 Å². The van der Waals surface area contributed by atoms with Crippen molar-refractivity contribution in [2.75, 3.05) is 0 Å². The zero-order valence-electron chi connectivity index (χ0n) is 16.6. The molecule has 0 aliphatic rings. The van der Waals surface area contributed by atoms with Crippen LogP contribution in [0.25, 0.3) is 34.2 Å². The van der Waals surface area contributed by atoms with E-state index in [1.807, 2.05) is 24.5 Å². The van der Waals surface area contributed by atoms with Gasteiger partial charge in [-0.3, -0.25) is 9.97 Å². The lowest BCUT2D eigenvalue weighted by atomic mass is 10.1. The van der Waals surface area contributed by atoms with E-state index < -0.39 is 0 Å². The molecule has 4 rings (SSSR count). The minimum atomic E-state index is 0.843. The summed E-state index contributed by atoms with van der Waals surface area (Å²) in [7, 11) is 0. The number of nitrogens with zero attached hydrogens (tertiary/aromatic N) is 4. The maximum Gasteiger partial charge on any atom is 0.0897 e. The number of aryl methyl sites for hydroxylation is 4. The van der Waals surface area contributed by atoms with Gasteiger partial charge >= 0.3 is 0 Å². The van der Waals surface area contributed by atoms with Gasteiger partial charge < -0.3 is 0 Å². The van der Waals surface area contributed by atoms with Crippen molar-refractivity contribution in [2.45, 2.75) is 27.7 Å². The summed E-state index contributed by atoms with van der Waals surface area (Å²) >= 11 is 0. The van der Waals surface area contributed by atoms with E-state index in [2.05, 4.69) is 74.1 Å². The molecule has 0 amide bonds. The van der Waals surface area contributed by atoms with Gasteiger partial charge in [-0.1, -0.05) is 0 Å². The third-order valence-corrected chi connectivity index (χ3v) is 4.56. The van der Waals surface area contributed by atoms with Gasteiger partial charge in [-0.15, -0.1) is 0 Å². The van der Waals surface area contributed by atoms with Gasteiger partial charge in [0.1, 0.15) is 0 Å². The molecule has 0 radical (unpaired) electrons. The molecular formula is C24H22N4. The lowest BCUT2D eigenvalue weighted by Gasteiger charge is -2.10. The lowest BCUT2D eigenvalue weighted by molar-refractivity contribution is 1.18. The Morgan fingerprint density at radius 1 is 0.429 bits per heavy atom. The van der Waals surface area contributed by atoms with Gasteiger partial charge in [0.25, 0.3) is 0 Å². The van der Waals surface area contributed by atoms with Crippen molar-refractivity contribution in [1.82, 2.24) is 19.9 Å². The SMILES string of the molecule is Cc1ccnc(-c2cc(C)cc(-c3cc(C)cc(-c4cc(C)ccn4)n3)n2)c1. The highest BCUT2D eigenvalue weighted by Gasteiger charge is 2.11. The summed E-state index contributed by atoms with van der Waals surface area (Å²) < 4.78 is 0. The quantitative estimate of drug-likeness (QED) is 0.480. The van der Waals surface area contributed by atoms with Gasteiger partial charge in [0.2, 0.25) is 0 Å². The zero-order chi connectivity index (χ0) is 19.7. The van der Waals surface area contributed by atoms with Crippen LogP contribution in [0.4, 0.5) is 0 Å². The standard InChI is InChI=1S/C24H22N4/c1-15-5-7-25-19(9-15)21-11-17(3)13-23(27-21)24-14-18(4)12-22(28-24)20-10-16(2)6-8-26-20/h5-14H,1-4H3. The highest BCUT2D eigenvalue weighted by atomic mass is 14.8. The van der Waals surface area contributed by atoms with Crippen LogP contribution in [0.15, 0.2) is 60.9 Å². The first kappa shape index (κ1) is 18.0. The van der Waals surface area contributed by atoms with Gasteiger partial charge in [0.05, 0.1) is 34.2 Å². The van der Waals surface area contributed by atoms with Gasteiger partial charge in [-0.2, -0.15) is 0 Å². The highest BCUT2D eigenvalue weighted by molar-refractivity contribution is 5.67. The van der Waals surface area contributed by atoms with Gasteiger partial charge in [0, 0.05) is 12.4 Å². The van der Waals surface area contributed by atoms with Crippen LogP contribution in [0.5, 0.6) is 0 Å². The van der Waals surface area contributed by atoms with Crippen LogP contribution in [-0.2, 0) is 0 Å². The number of hydrogen-bond acceptors (Lipinski definition) is 4. The molecule has 4 aromatic heterocycles. The Morgan fingerprint density at radius 2 is 0.750 bits per heavy atom. The molecule has 0 aliphatic carbocycles. The second-order valence-corrected chi connectivity index (χ2v) is 7.27. The number of aromatic nitrogens is 4. The first-order valence-electron chi connectivity index (χ1n) is 9.32. The van der Waals surface area contributed by atoms with Crippen molar-refractivity contribution in [3.05, 3.63) is 83.2 Å². The molecule has 28 heavy (non-hydrogen) atoms. The Bertz CT molecular complexity index is 1070. The number of rotatable bonds is 3. The molecule has 4 heterocycles. The Kier molecular flexibility index (Phi) is 4.70. The highest BCUT2D eigenvalue weighted by Crippen LogP contribution is 2.26. The smallest absolute Gasteiger partial charge is 0.0897 e. The summed E-state index contributed by atoms with van der Waals surface area (Å²) in [5.41, 5.74) is 9.73. The van der Waals surface area contributed by atoms with Crippen molar-refractivity contribution in [1.29, 1.82) is 0 Å². The Morgan fingerprint density at radius 3 is 1.11 bits per heavy atom. The van der Waals surface area contributed by atoms with E-state index in [9.17, 15) is 0 Å². The van der Waals surface area contributed by atoms with Crippen LogP contribution in [0.3, 0.4) is 0 Å². The summed E-state index contributed by atoms with van der Waals surface area (Å²) in [5, 5.41) is 0. The molecule has 0 aromatic carbocycles. The molecule has 4 aromatic rings. The predicted octanol–water partition coefficient (Wildman–Crippen LogP) is 5.50. The summed E-state index contributed by atoms with van der Waals surface area (Å²) in [6.07, 6.45) is 3.64. The molecule has 0 atom stereocenters. The summed E-state index contributed by atoms with van der Waals surface area (Å²) in [5.74, 6) is 0. The fraction of sp³-hybridized carbons (Fsp3) is 0.167. The average molecular weight is 366 g/mol. The van der Waals surface area contributed by atoms with E-state index in [0.717, 1.165) is 56.4 Å². The maximum absolute atomic E-state index is 4.86. The van der Waals surface area contributed by atoms with E-state index in [-0.39, 0.29) is 0 Å². The molecule has 4 nitrogen and oxygen atoms in total. The zero-order valence-corrected chi connectivity index (χ0v) is 16.6. The van der Waals surface area contributed by atoms with Crippen LogP contribution in [0.1, 0.15) is 22.3 Å². The van der Waals surface area contributed by atoms with Crippen LogP contribution in [0, 0.1) is 27.7 Å². The molecule has 0 saturated heterocycles. The van der Waals surface area contributed by atoms with Gasteiger partial charge in [0.15, 0.2) is 0 Å². The van der Waals surface area contributed by atoms with Crippen molar-refractivity contribution in [3.8, 4) is 34.2 Å². The monoisotopic (exact) mass is 366 g/mol. The second-order valence-electron chi connectivity index (χ2n) is 7.27. The molecule has 0 spiro atoms. The van der Waals surface area contributed by atoms with E-state index in [0.29, 0.717) is 0 Å². The molecule has 0 bridgehead atoms. The Hall–Kier alpha value is -3.40. The van der Waals surface area contributed by atoms with E-state index in [1.165, 1.54) is 0 Å². The minimum absolute atomic E-state index is 0.843. The normalized spacial score (nSPS) is 10.9. The molecular weight excluding hydrogens is 344 g/mol. The predicted molar refractivity (Wildman–Crippen MR) is 113 cm³/mol. The third kappa shape index (κ3) is 3.81. The lowest BCUT2D eigenvalue weighted by Crippen LogP contribution is -1.97. The average Bonchev–Trinajstić information content (AvgIpc) is 2.67. The molecule has 138 valence electrons. The van der Waals surface area contributed by atoms with E-state index >= 15 is 0 Å². The Balaban J connectivity index is 1.83. The topological polar surface area (TPSA) is 51.6 Å². The molecule has 0 N–H and O–H groups in total. The van der Waals surface area contributed by atoms with Gasteiger partial charge in [-0.25, -0.2) is 9.97 Å². The minimum Gasteiger partial charge on any atom is -0.255 e. The van der Waals surface area contributed by atoms with Crippen LogP contribution in [0.2, 0.25) is 0 Å². The number of pyridine rings is 4. The summed E-state index contributed by atoms with van der Waals surface area (Å²) in [4.78, 5) is 18.7. The molecule has 0 unspecified atom stereocenters. The molecule has 0 saturated carbocycles. The first-order chi connectivity index (χ1) is 13.5. The fourth-order valence-electron chi connectivity index (χ4n) is 3.21. The third-order valence-electron chi connectivity index (χ3n) is 4.56. The first-order valence-corrected chi connectivity index (χ1v) is 9.32. The van der Waals surface area contributed by atoms with Crippen molar-refractivity contribution in [2.24, 2.45) is 0 Å². The van der Waals surface area contributed by atoms with Crippen molar-refractivity contribution in [3.63, 3.8) is 0 Å². The summed E-state index contributed by atoms with van der Waals surface area (Å²) in [6, 6.07) is 16.3. The maximum atomic E-state index is 4.86. The molecule has 4 heteroatoms. The van der Waals surface area contributed by atoms with Crippen LogP contribution >= 0.6 is 0 Å². The fourth-order valence-corrected chi connectivity index (χ4v) is 3.21. The van der Waals surface area contributed by atoms with E-state index in [1.54, 1.807) is 0 Å². The van der Waals surface area contributed by atoms with Crippen molar-refractivity contribution >= 4 is 0 Å². The number of hydrogen-bond donors (Lipinski definition) is 0. The van der Waals surface area contributed by atoms with Crippen LogP contribution in [-0.4, -0.2) is 19.9 Å². The largest absolute Gasteiger partial charge is 0.255 e. The van der Waals surface area contributed by atoms with Crippen LogP contribution < -0.4 is 0 Å². The second kappa shape index (κ2) is 7.31. The van der Waals surface area contributed by atoms with Gasteiger partial charge in [-0.05, 0) is 98.5 Å². The molecule has 0 fully saturated rings. The summed E-state index contributed by atoms with van der Waals surface area (Å²) in [6.45, 7) is 8.27. The van der Waals surface area contributed by atoms with Crippen molar-refractivity contribution < 1.29 is 0 Å². The Labute approximate surface area is 165 Å².